The molecule has 1 fully saturated rings. The molecule has 0 aliphatic carbocycles. The van der Waals surface area contributed by atoms with E-state index in [1.807, 2.05) is 18.8 Å². The Morgan fingerprint density at radius 1 is 1.50 bits per heavy atom. The fourth-order valence-electron chi connectivity index (χ4n) is 1.84. The van der Waals surface area contributed by atoms with E-state index >= 15 is 0 Å². The third-order valence-corrected chi connectivity index (χ3v) is 4.08. The highest BCUT2D eigenvalue weighted by molar-refractivity contribution is 7.99. The number of nitrogens with zero attached hydrogens (tertiary/aromatic N) is 2. The van der Waals surface area contributed by atoms with Gasteiger partial charge in [0.15, 0.2) is 5.82 Å². The van der Waals surface area contributed by atoms with Crippen molar-refractivity contribution in [3.8, 4) is 0 Å². The first-order valence-corrected chi connectivity index (χ1v) is 7.02. The van der Waals surface area contributed by atoms with Crippen LogP contribution in [-0.4, -0.2) is 34.7 Å². The summed E-state index contributed by atoms with van der Waals surface area (Å²) in [6.45, 7) is 2.12. The molecular formula is C11H19N3OS. The molecule has 0 radical (unpaired) electrons. The van der Waals surface area contributed by atoms with Crippen LogP contribution in [0.25, 0.3) is 0 Å². The second-order valence-electron chi connectivity index (χ2n) is 4.33. The maximum absolute atomic E-state index is 5.35. The van der Waals surface area contributed by atoms with Crippen LogP contribution in [-0.2, 0) is 6.42 Å². The summed E-state index contributed by atoms with van der Waals surface area (Å²) in [5.41, 5.74) is 0. The Morgan fingerprint density at radius 3 is 2.94 bits per heavy atom. The van der Waals surface area contributed by atoms with Crippen LogP contribution in [0.5, 0.6) is 0 Å². The number of aromatic nitrogens is 2. The molecule has 0 amide bonds. The maximum atomic E-state index is 5.35. The van der Waals surface area contributed by atoms with E-state index in [0.717, 1.165) is 18.1 Å². The Kier molecular flexibility index (Phi) is 4.23. The van der Waals surface area contributed by atoms with Gasteiger partial charge in [-0.2, -0.15) is 16.7 Å². The van der Waals surface area contributed by atoms with E-state index in [4.69, 9.17) is 4.52 Å². The van der Waals surface area contributed by atoms with Gasteiger partial charge in [0.2, 0.25) is 5.89 Å². The molecule has 90 valence electrons. The van der Waals surface area contributed by atoms with Crippen LogP contribution in [0.4, 0.5) is 0 Å². The zero-order valence-corrected chi connectivity index (χ0v) is 10.7. The SMILES string of the molecule is CNC(C)Cc1noc(C2CCSCC2)n1. The Morgan fingerprint density at radius 2 is 2.25 bits per heavy atom. The third-order valence-electron chi connectivity index (χ3n) is 3.04. The Bertz CT molecular complexity index is 323. The molecule has 1 aliphatic rings. The highest BCUT2D eigenvalue weighted by Gasteiger charge is 2.21. The maximum Gasteiger partial charge on any atom is 0.229 e. The lowest BCUT2D eigenvalue weighted by Crippen LogP contribution is -2.24. The number of thioether (sulfide) groups is 1. The average Bonchev–Trinajstić information content (AvgIpc) is 2.78. The highest BCUT2D eigenvalue weighted by atomic mass is 32.2. The van der Waals surface area contributed by atoms with Gasteiger partial charge in [0, 0.05) is 18.4 Å². The van der Waals surface area contributed by atoms with Gasteiger partial charge in [-0.3, -0.25) is 0 Å². The monoisotopic (exact) mass is 241 g/mol. The summed E-state index contributed by atoms with van der Waals surface area (Å²) in [7, 11) is 1.95. The molecule has 2 rings (SSSR count). The Hall–Kier alpha value is -0.550. The summed E-state index contributed by atoms with van der Waals surface area (Å²) in [5.74, 6) is 4.60. The van der Waals surface area contributed by atoms with E-state index in [2.05, 4.69) is 22.4 Å². The molecule has 2 heterocycles. The zero-order chi connectivity index (χ0) is 11.4. The minimum absolute atomic E-state index is 0.396. The van der Waals surface area contributed by atoms with E-state index in [-0.39, 0.29) is 0 Å². The number of nitrogens with one attached hydrogen (secondary N) is 1. The molecule has 5 heteroatoms. The van der Waals surface area contributed by atoms with E-state index in [0.29, 0.717) is 12.0 Å². The molecule has 0 spiro atoms. The molecule has 1 aromatic rings. The predicted octanol–water partition coefficient (Wildman–Crippen LogP) is 1.83. The lowest BCUT2D eigenvalue weighted by molar-refractivity contribution is 0.341. The van der Waals surface area contributed by atoms with Crippen molar-refractivity contribution < 1.29 is 4.52 Å². The zero-order valence-electron chi connectivity index (χ0n) is 9.90. The first-order chi connectivity index (χ1) is 7.79. The number of hydrogen-bond donors (Lipinski definition) is 1. The molecule has 1 N–H and O–H groups in total. The molecule has 0 bridgehead atoms. The van der Waals surface area contributed by atoms with Gasteiger partial charge in [-0.05, 0) is 38.3 Å². The summed E-state index contributed by atoms with van der Waals surface area (Å²) >= 11 is 2.01. The standard InChI is InChI=1S/C11H19N3OS/c1-8(12-2)7-10-13-11(15-14-10)9-3-5-16-6-4-9/h8-9,12H,3-7H2,1-2H3. The second-order valence-corrected chi connectivity index (χ2v) is 5.55. The van der Waals surface area contributed by atoms with Crippen molar-refractivity contribution >= 4 is 11.8 Å². The first kappa shape index (κ1) is 11.9. The summed E-state index contributed by atoms with van der Waals surface area (Å²) in [6.07, 6.45) is 3.18. The molecule has 1 unspecified atom stereocenters. The van der Waals surface area contributed by atoms with Crippen LogP contribution in [0, 0.1) is 0 Å². The normalized spacial score (nSPS) is 19.9. The van der Waals surface area contributed by atoms with Crippen molar-refractivity contribution in [1.29, 1.82) is 0 Å². The predicted molar refractivity (Wildman–Crippen MR) is 65.8 cm³/mol. The molecule has 1 atom stereocenters. The van der Waals surface area contributed by atoms with Crippen molar-refractivity contribution in [3.05, 3.63) is 11.7 Å². The van der Waals surface area contributed by atoms with Crippen LogP contribution in [0.2, 0.25) is 0 Å². The minimum atomic E-state index is 0.396. The van der Waals surface area contributed by atoms with Gasteiger partial charge in [-0.1, -0.05) is 5.16 Å². The van der Waals surface area contributed by atoms with Crippen molar-refractivity contribution in [1.82, 2.24) is 15.5 Å². The molecule has 16 heavy (non-hydrogen) atoms. The Balaban J connectivity index is 1.95. The van der Waals surface area contributed by atoms with E-state index in [1.54, 1.807) is 0 Å². The average molecular weight is 241 g/mol. The van der Waals surface area contributed by atoms with Crippen LogP contribution in [0.3, 0.4) is 0 Å². The van der Waals surface area contributed by atoms with Crippen molar-refractivity contribution in [2.45, 2.75) is 38.1 Å². The fourth-order valence-corrected chi connectivity index (χ4v) is 2.94. The molecular weight excluding hydrogens is 222 g/mol. The molecule has 0 aromatic carbocycles. The van der Waals surface area contributed by atoms with Gasteiger partial charge in [0.05, 0.1) is 0 Å². The van der Waals surface area contributed by atoms with Gasteiger partial charge in [0.25, 0.3) is 0 Å². The van der Waals surface area contributed by atoms with Crippen LogP contribution >= 0.6 is 11.8 Å². The lowest BCUT2D eigenvalue weighted by Gasteiger charge is -2.16. The molecule has 0 saturated carbocycles. The van der Waals surface area contributed by atoms with Gasteiger partial charge < -0.3 is 9.84 Å². The van der Waals surface area contributed by atoms with Gasteiger partial charge in [0.1, 0.15) is 0 Å². The van der Waals surface area contributed by atoms with Crippen LogP contribution in [0.1, 0.15) is 37.4 Å². The van der Waals surface area contributed by atoms with Crippen LogP contribution < -0.4 is 5.32 Å². The quantitative estimate of drug-likeness (QED) is 0.871. The molecule has 1 saturated heterocycles. The van der Waals surface area contributed by atoms with Gasteiger partial charge in [-0.15, -0.1) is 0 Å². The van der Waals surface area contributed by atoms with Crippen molar-refractivity contribution in [3.63, 3.8) is 0 Å². The lowest BCUT2D eigenvalue weighted by atomic mass is 10.0. The van der Waals surface area contributed by atoms with Gasteiger partial charge in [-0.25, -0.2) is 0 Å². The largest absolute Gasteiger partial charge is 0.339 e. The van der Waals surface area contributed by atoms with E-state index in [9.17, 15) is 0 Å². The molecule has 4 nitrogen and oxygen atoms in total. The summed E-state index contributed by atoms with van der Waals surface area (Å²) in [4.78, 5) is 4.49. The second kappa shape index (κ2) is 5.68. The smallest absolute Gasteiger partial charge is 0.229 e. The summed E-state index contributed by atoms with van der Waals surface area (Å²) in [5, 5.41) is 7.22. The van der Waals surface area contributed by atoms with E-state index in [1.165, 1.54) is 24.3 Å². The number of likely N-dealkylation sites (N-methyl/N-ethyl adjacent to an activating group) is 1. The van der Waals surface area contributed by atoms with Crippen molar-refractivity contribution in [2.75, 3.05) is 18.6 Å². The topological polar surface area (TPSA) is 51.0 Å². The molecule has 1 aromatic heterocycles. The van der Waals surface area contributed by atoms with E-state index < -0.39 is 0 Å². The summed E-state index contributed by atoms with van der Waals surface area (Å²) in [6, 6.07) is 0.396. The Labute approximate surface area is 101 Å². The van der Waals surface area contributed by atoms with Crippen LogP contribution in [0.15, 0.2) is 4.52 Å². The molecule has 1 aliphatic heterocycles. The minimum Gasteiger partial charge on any atom is -0.339 e. The highest BCUT2D eigenvalue weighted by Crippen LogP contribution is 2.30. The van der Waals surface area contributed by atoms with Crippen molar-refractivity contribution in [2.24, 2.45) is 0 Å². The third kappa shape index (κ3) is 2.98. The van der Waals surface area contributed by atoms with Gasteiger partial charge >= 0.3 is 0 Å². The number of hydrogen-bond acceptors (Lipinski definition) is 5. The summed E-state index contributed by atoms with van der Waals surface area (Å²) < 4.78 is 5.35. The number of rotatable bonds is 4. The first-order valence-electron chi connectivity index (χ1n) is 5.87. The fraction of sp³-hybridized carbons (Fsp3) is 0.818.